The summed E-state index contributed by atoms with van der Waals surface area (Å²) < 4.78 is 1.32. The van der Waals surface area contributed by atoms with Gasteiger partial charge in [0.25, 0.3) is 0 Å². The summed E-state index contributed by atoms with van der Waals surface area (Å²) in [6.45, 7) is 2.20. The van der Waals surface area contributed by atoms with Gasteiger partial charge in [-0.3, -0.25) is 0 Å². The second-order valence-electron chi connectivity index (χ2n) is 0.487. The van der Waals surface area contributed by atoms with Crippen molar-refractivity contribution in [1.29, 1.82) is 0 Å². The van der Waals surface area contributed by atoms with E-state index in [0.29, 0.717) is 0 Å². The second-order valence-corrected chi connectivity index (χ2v) is 3.75. The van der Waals surface area contributed by atoms with Crippen LogP contribution in [0.1, 0.15) is 0 Å². The molecule has 0 aliphatic carbocycles. The molecular formula is C2H6IP. The van der Waals surface area contributed by atoms with Crippen LogP contribution >= 0.6 is 31.2 Å². The van der Waals surface area contributed by atoms with Gasteiger partial charge >= 0.3 is 0 Å². The molecule has 0 aromatic heterocycles. The van der Waals surface area contributed by atoms with Crippen LogP contribution in [0.25, 0.3) is 0 Å². The van der Waals surface area contributed by atoms with Gasteiger partial charge in [-0.25, -0.2) is 0 Å². The van der Waals surface area contributed by atoms with Crippen molar-refractivity contribution in [3.05, 3.63) is 0 Å². The third-order valence-corrected chi connectivity index (χ3v) is 2.69. The second kappa shape index (κ2) is 4.16. The first-order valence-electron chi connectivity index (χ1n) is 1.12. The van der Waals surface area contributed by atoms with E-state index in [1.807, 2.05) is 0 Å². The molecule has 1 unspecified atom stereocenters. The van der Waals surface area contributed by atoms with E-state index < -0.39 is 0 Å². The van der Waals surface area contributed by atoms with E-state index >= 15 is 0 Å². The van der Waals surface area contributed by atoms with E-state index in [1.54, 1.807) is 0 Å². The summed E-state index contributed by atoms with van der Waals surface area (Å²) in [4.78, 5) is 0. The smallest absolute Gasteiger partial charge is 0.0168 e. The highest BCUT2D eigenvalue weighted by Gasteiger charge is 1.57. The van der Waals surface area contributed by atoms with Crippen LogP contribution in [-0.2, 0) is 0 Å². The fourth-order valence-corrected chi connectivity index (χ4v) is 0. The van der Waals surface area contributed by atoms with Crippen molar-refractivity contribution in [2.45, 2.75) is 0 Å². The summed E-state index contributed by atoms with van der Waals surface area (Å²) in [5.74, 6) is 0. The molecule has 2 heteroatoms. The van der Waals surface area contributed by atoms with E-state index in [-0.39, 0.29) is 0 Å². The molecule has 0 aliphatic rings. The van der Waals surface area contributed by atoms with Crippen molar-refractivity contribution >= 4 is 31.2 Å². The molecule has 0 bridgehead atoms. The van der Waals surface area contributed by atoms with Gasteiger partial charge in [0.2, 0.25) is 0 Å². The minimum Gasteiger partial charge on any atom is -0.115 e. The Labute approximate surface area is 42.3 Å². The Morgan fingerprint density at radius 3 is 2.25 bits per heavy atom. The topological polar surface area (TPSA) is 0 Å². The highest BCUT2D eigenvalue weighted by atomic mass is 127. The molecule has 0 aliphatic heterocycles. The Hall–Kier alpha value is 1.16. The Morgan fingerprint density at radius 1 is 2.00 bits per heavy atom. The molecule has 0 fully saturated rings. The van der Waals surface area contributed by atoms with Crippen LogP contribution in [0.4, 0.5) is 0 Å². The number of alkyl halides is 1. The minimum atomic E-state index is 1.13. The molecule has 0 aromatic carbocycles. The molecule has 0 spiro atoms. The summed E-state index contributed by atoms with van der Waals surface area (Å²) in [7, 11) is 1.13. The Bertz CT molecular complexity index is 8.00. The standard InChI is InChI=1S/C2H6IP/c1-4-2-3/h4H,2H2,1H3. The van der Waals surface area contributed by atoms with Gasteiger partial charge in [0.15, 0.2) is 0 Å². The van der Waals surface area contributed by atoms with Crippen molar-refractivity contribution in [3.63, 3.8) is 0 Å². The zero-order valence-electron chi connectivity index (χ0n) is 2.59. The van der Waals surface area contributed by atoms with Gasteiger partial charge in [-0.2, -0.15) is 0 Å². The molecular weight excluding hydrogens is 182 g/mol. The predicted octanol–water partition coefficient (Wildman–Crippen LogP) is 1.69. The highest BCUT2D eigenvalue weighted by molar-refractivity contribution is 14.1. The van der Waals surface area contributed by atoms with Crippen LogP contribution in [0, 0.1) is 0 Å². The van der Waals surface area contributed by atoms with Gasteiger partial charge < -0.3 is 0 Å². The lowest BCUT2D eigenvalue weighted by atomic mass is 11.9. The highest BCUT2D eigenvalue weighted by Crippen LogP contribution is 2.04. The van der Waals surface area contributed by atoms with Crippen molar-refractivity contribution < 1.29 is 0 Å². The largest absolute Gasteiger partial charge is 0.115 e. The molecule has 0 saturated carbocycles. The number of halogens is 1. The maximum Gasteiger partial charge on any atom is 0.0168 e. The lowest BCUT2D eigenvalue weighted by Gasteiger charge is -1.67. The van der Waals surface area contributed by atoms with Crippen LogP contribution in [-0.4, -0.2) is 10.8 Å². The van der Waals surface area contributed by atoms with E-state index in [0.717, 1.165) is 8.58 Å². The lowest BCUT2D eigenvalue weighted by Crippen LogP contribution is -1.37. The first-order valence-corrected chi connectivity index (χ1v) is 4.35. The molecule has 0 aromatic rings. The van der Waals surface area contributed by atoms with Crippen molar-refractivity contribution in [1.82, 2.24) is 0 Å². The Morgan fingerprint density at radius 2 is 2.25 bits per heavy atom. The third-order valence-electron chi connectivity index (χ3n) is 0.134. The molecule has 0 N–H and O–H groups in total. The first-order chi connectivity index (χ1) is 1.91. The van der Waals surface area contributed by atoms with E-state index in [9.17, 15) is 0 Å². The third kappa shape index (κ3) is 3.16. The fourth-order valence-electron chi connectivity index (χ4n) is 0. The van der Waals surface area contributed by atoms with Gasteiger partial charge in [-0.15, -0.1) is 8.58 Å². The number of hydrogen-bond donors (Lipinski definition) is 0. The summed E-state index contributed by atoms with van der Waals surface area (Å²) in [6.07, 6.45) is 0. The number of rotatable bonds is 1. The monoisotopic (exact) mass is 188 g/mol. The van der Waals surface area contributed by atoms with Crippen LogP contribution < -0.4 is 0 Å². The van der Waals surface area contributed by atoms with E-state index in [1.165, 1.54) is 4.17 Å². The number of hydrogen-bond acceptors (Lipinski definition) is 0. The molecule has 0 rings (SSSR count). The zero-order valence-corrected chi connectivity index (χ0v) is 5.74. The average molecular weight is 188 g/mol. The van der Waals surface area contributed by atoms with Crippen molar-refractivity contribution in [2.24, 2.45) is 0 Å². The van der Waals surface area contributed by atoms with E-state index in [4.69, 9.17) is 0 Å². The molecule has 1 atom stereocenters. The van der Waals surface area contributed by atoms with Crippen molar-refractivity contribution in [2.75, 3.05) is 10.8 Å². The Balaban J connectivity index is 1.97. The van der Waals surface area contributed by atoms with Gasteiger partial charge in [-0.1, -0.05) is 22.6 Å². The van der Waals surface area contributed by atoms with Crippen LogP contribution in [0.3, 0.4) is 0 Å². The SMILES string of the molecule is CPCI. The molecule has 0 nitrogen and oxygen atoms in total. The molecule has 26 valence electrons. The Kier molecular flexibility index (Phi) is 5.37. The lowest BCUT2D eigenvalue weighted by molar-refractivity contribution is 2.28. The van der Waals surface area contributed by atoms with E-state index in [2.05, 4.69) is 29.3 Å². The van der Waals surface area contributed by atoms with Crippen LogP contribution in [0.15, 0.2) is 0 Å². The summed E-state index contributed by atoms with van der Waals surface area (Å²) >= 11 is 2.36. The van der Waals surface area contributed by atoms with Crippen LogP contribution in [0.2, 0.25) is 0 Å². The summed E-state index contributed by atoms with van der Waals surface area (Å²) in [5, 5.41) is 0. The molecule has 0 heterocycles. The summed E-state index contributed by atoms with van der Waals surface area (Å²) in [5.41, 5.74) is 0. The molecule has 4 heavy (non-hydrogen) atoms. The molecule has 0 amide bonds. The van der Waals surface area contributed by atoms with Gasteiger partial charge in [0, 0.05) is 4.17 Å². The quantitative estimate of drug-likeness (QED) is 0.333. The van der Waals surface area contributed by atoms with Gasteiger partial charge in [0.05, 0.1) is 0 Å². The normalized spacial score (nSPS) is 10.5. The molecule has 0 radical (unpaired) electrons. The first kappa shape index (κ1) is 5.16. The van der Waals surface area contributed by atoms with Crippen LogP contribution in [0.5, 0.6) is 0 Å². The average Bonchev–Trinajstić information content (AvgIpc) is 1.37. The van der Waals surface area contributed by atoms with Crippen molar-refractivity contribution in [3.8, 4) is 0 Å². The zero-order chi connectivity index (χ0) is 3.41. The summed E-state index contributed by atoms with van der Waals surface area (Å²) in [6, 6.07) is 0. The predicted molar refractivity (Wildman–Crippen MR) is 33.1 cm³/mol. The minimum absolute atomic E-state index is 1.13. The van der Waals surface area contributed by atoms with Gasteiger partial charge in [0.1, 0.15) is 0 Å². The maximum atomic E-state index is 2.36. The fraction of sp³-hybridized carbons (Fsp3) is 1.00. The maximum absolute atomic E-state index is 2.36. The van der Waals surface area contributed by atoms with Gasteiger partial charge in [-0.05, 0) is 6.66 Å². The molecule has 0 saturated heterocycles.